The van der Waals surface area contributed by atoms with Crippen LogP contribution in [0.25, 0.3) is 0 Å². The zero-order chi connectivity index (χ0) is 17.0. The van der Waals surface area contributed by atoms with Crippen molar-refractivity contribution in [3.05, 3.63) is 63.6 Å². The summed E-state index contributed by atoms with van der Waals surface area (Å²) in [5, 5.41) is 13.6. The van der Waals surface area contributed by atoms with Gasteiger partial charge in [-0.05, 0) is 41.3 Å². The summed E-state index contributed by atoms with van der Waals surface area (Å²) in [6, 6.07) is 12.4. The standard InChI is InChI=1S/C18H19BrN2O2/c1-18(2,3)14-6-4-12(5-7-14)17(23)21-20-11-13-10-15(19)8-9-16(13)22/h4-11,22H,1-3H3,(H,21,23)/b20-11+. The van der Waals surface area contributed by atoms with E-state index in [1.165, 1.54) is 6.21 Å². The summed E-state index contributed by atoms with van der Waals surface area (Å²) >= 11 is 3.32. The number of phenols is 1. The Hall–Kier alpha value is -2.14. The van der Waals surface area contributed by atoms with E-state index in [0.29, 0.717) is 11.1 Å². The van der Waals surface area contributed by atoms with Gasteiger partial charge in [-0.25, -0.2) is 5.43 Å². The van der Waals surface area contributed by atoms with Crippen LogP contribution in [0.1, 0.15) is 42.3 Å². The van der Waals surface area contributed by atoms with Crippen molar-refractivity contribution in [3.63, 3.8) is 0 Å². The van der Waals surface area contributed by atoms with Crippen LogP contribution in [0.5, 0.6) is 5.75 Å². The zero-order valence-electron chi connectivity index (χ0n) is 13.3. The van der Waals surface area contributed by atoms with E-state index >= 15 is 0 Å². The van der Waals surface area contributed by atoms with Gasteiger partial charge in [-0.15, -0.1) is 0 Å². The number of halogens is 1. The molecule has 0 saturated heterocycles. The molecule has 2 rings (SSSR count). The lowest BCUT2D eigenvalue weighted by atomic mass is 9.87. The Morgan fingerprint density at radius 2 is 1.83 bits per heavy atom. The Morgan fingerprint density at radius 1 is 1.17 bits per heavy atom. The van der Waals surface area contributed by atoms with Gasteiger partial charge >= 0.3 is 0 Å². The molecule has 2 aromatic rings. The number of hydrogen-bond acceptors (Lipinski definition) is 3. The van der Waals surface area contributed by atoms with Crippen molar-refractivity contribution in [2.75, 3.05) is 0 Å². The Balaban J connectivity index is 2.05. The number of amides is 1. The fourth-order valence-electron chi connectivity index (χ4n) is 1.98. The number of hydrazone groups is 1. The van der Waals surface area contributed by atoms with E-state index in [2.05, 4.69) is 47.2 Å². The maximum absolute atomic E-state index is 12.1. The third-order valence-corrected chi connectivity index (χ3v) is 3.87. The normalized spacial score (nSPS) is 11.7. The molecular formula is C18H19BrN2O2. The average Bonchev–Trinajstić information content (AvgIpc) is 2.50. The molecule has 0 fully saturated rings. The minimum atomic E-state index is -0.295. The zero-order valence-corrected chi connectivity index (χ0v) is 14.9. The largest absolute Gasteiger partial charge is 0.507 e. The van der Waals surface area contributed by atoms with Gasteiger partial charge < -0.3 is 5.11 Å². The number of nitrogens with zero attached hydrogens (tertiary/aromatic N) is 1. The first-order valence-electron chi connectivity index (χ1n) is 7.20. The number of carbonyl (C=O) groups excluding carboxylic acids is 1. The van der Waals surface area contributed by atoms with E-state index in [0.717, 1.165) is 10.0 Å². The molecule has 23 heavy (non-hydrogen) atoms. The smallest absolute Gasteiger partial charge is 0.271 e. The van der Waals surface area contributed by atoms with Crippen molar-refractivity contribution in [1.82, 2.24) is 5.43 Å². The van der Waals surface area contributed by atoms with E-state index in [-0.39, 0.29) is 17.1 Å². The second-order valence-corrected chi connectivity index (χ2v) is 7.15. The Bertz CT molecular complexity index is 732. The lowest BCUT2D eigenvalue weighted by molar-refractivity contribution is 0.0955. The van der Waals surface area contributed by atoms with Gasteiger partial charge in [-0.1, -0.05) is 48.8 Å². The average molecular weight is 375 g/mol. The molecule has 2 N–H and O–H groups in total. The number of hydrogen-bond donors (Lipinski definition) is 2. The van der Waals surface area contributed by atoms with Gasteiger partial charge in [0.2, 0.25) is 0 Å². The number of benzene rings is 2. The molecule has 1 amide bonds. The fraction of sp³-hybridized carbons (Fsp3) is 0.222. The molecule has 0 aliphatic carbocycles. The molecule has 0 saturated carbocycles. The topological polar surface area (TPSA) is 61.7 Å². The van der Waals surface area contributed by atoms with Crippen LogP contribution in [0, 0.1) is 0 Å². The molecule has 0 atom stereocenters. The van der Waals surface area contributed by atoms with Crippen LogP contribution in [-0.4, -0.2) is 17.2 Å². The second kappa shape index (κ2) is 6.96. The van der Waals surface area contributed by atoms with Crippen molar-refractivity contribution in [1.29, 1.82) is 0 Å². The van der Waals surface area contributed by atoms with Gasteiger partial charge in [0.25, 0.3) is 5.91 Å². The molecule has 5 heteroatoms. The van der Waals surface area contributed by atoms with Crippen LogP contribution < -0.4 is 5.43 Å². The van der Waals surface area contributed by atoms with Crippen LogP contribution >= 0.6 is 15.9 Å². The van der Waals surface area contributed by atoms with Crippen LogP contribution in [0.3, 0.4) is 0 Å². The van der Waals surface area contributed by atoms with Gasteiger partial charge in [0.1, 0.15) is 5.75 Å². The van der Waals surface area contributed by atoms with Crippen LogP contribution in [0.4, 0.5) is 0 Å². The van der Waals surface area contributed by atoms with Crippen LogP contribution in [-0.2, 0) is 5.41 Å². The molecule has 0 heterocycles. The van der Waals surface area contributed by atoms with Crippen LogP contribution in [0.2, 0.25) is 0 Å². The van der Waals surface area contributed by atoms with Gasteiger partial charge in [0.15, 0.2) is 0 Å². The first-order chi connectivity index (χ1) is 10.8. The highest BCUT2D eigenvalue weighted by Gasteiger charge is 2.14. The first-order valence-corrected chi connectivity index (χ1v) is 7.99. The molecule has 0 unspecified atom stereocenters. The van der Waals surface area contributed by atoms with Crippen molar-refractivity contribution >= 4 is 28.1 Å². The van der Waals surface area contributed by atoms with Crippen molar-refractivity contribution in [3.8, 4) is 5.75 Å². The van der Waals surface area contributed by atoms with E-state index in [4.69, 9.17) is 0 Å². The molecule has 0 aliphatic heterocycles. The number of rotatable bonds is 3. The van der Waals surface area contributed by atoms with E-state index in [1.54, 1.807) is 30.3 Å². The second-order valence-electron chi connectivity index (χ2n) is 6.23. The minimum Gasteiger partial charge on any atom is -0.507 e. The van der Waals surface area contributed by atoms with Gasteiger partial charge in [0, 0.05) is 15.6 Å². The summed E-state index contributed by atoms with van der Waals surface area (Å²) in [5.74, 6) is -0.197. The lowest BCUT2D eigenvalue weighted by Gasteiger charge is -2.18. The Kier molecular flexibility index (Phi) is 5.21. The van der Waals surface area contributed by atoms with E-state index in [9.17, 15) is 9.90 Å². The van der Waals surface area contributed by atoms with Crippen molar-refractivity contribution in [2.45, 2.75) is 26.2 Å². The van der Waals surface area contributed by atoms with Gasteiger partial charge in [-0.3, -0.25) is 4.79 Å². The third kappa shape index (κ3) is 4.66. The highest BCUT2D eigenvalue weighted by Crippen LogP contribution is 2.22. The molecule has 0 aromatic heterocycles. The fourth-order valence-corrected chi connectivity index (χ4v) is 2.35. The van der Waals surface area contributed by atoms with Crippen molar-refractivity contribution in [2.24, 2.45) is 5.10 Å². The third-order valence-electron chi connectivity index (χ3n) is 3.37. The monoisotopic (exact) mass is 374 g/mol. The maximum atomic E-state index is 12.1. The van der Waals surface area contributed by atoms with Gasteiger partial charge in [-0.2, -0.15) is 5.10 Å². The van der Waals surface area contributed by atoms with Crippen LogP contribution in [0.15, 0.2) is 52.0 Å². The highest BCUT2D eigenvalue weighted by molar-refractivity contribution is 9.10. The summed E-state index contributed by atoms with van der Waals surface area (Å²) in [4.78, 5) is 12.1. The summed E-state index contributed by atoms with van der Waals surface area (Å²) in [6.45, 7) is 6.37. The molecule has 0 radical (unpaired) electrons. The predicted molar refractivity (Wildman–Crippen MR) is 96.0 cm³/mol. The summed E-state index contributed by atoms with van der Waals surface area (Å²) in [7, 11) is 0. The Labute approximate surface area is 144 Å². The van der Waals surface area contributed by atoms with Crippen molar-refractivity contribution < 1.29 is 9.90 Å². The Morgan fingerprint density at radius 3 is 2.43 bits per heavy atom. The number of phenolic OH excluding ortho intramolecular Hbond substituents is 1. The number of aromatic hydroxyl groups is 1. The lowest BCUT2D eigenvalue weighted by Crippen LogP contribution is -2.18. The molecular weight excluding hydrogens is 356 g/mol. The number of carbonyl (C=O) groups is 1. The molecule has 2 aromatic carbocycles. The summed E-state index contributed by atoms with van der Waals surface area (Å²) in [5.41, 5.74) is 4.72. The minimum absolute atomic E-state index is 0.0470. The SMILES string of the molecule is CC(C)(C)c1ccc(C(=O)N/N=C/c2cc(Br)ccc2O)cc1. The highest BCUT2D eigenvalue weighted by atomic mass is 79.9. The predicted octanol–water partition coefficient (Wildman–Crippen LogP) is 4.22. The molecule has 120 valence electrons. The van der Waals surface area contributed by atoms with E-state index < -0.39 is 0 Å². The molecule has 0 bridgehead atoms. The number of nitrogens with one attached hydrogen (secondary N) is 1. The first kappa shape index (κ1) is 17.2. The summed E-state index contributed by atoms with van der Waals surface area (Å²) < 4.78 is 0.820. The molecule has 0 spiro atoms. The maximum Gasteiger partial charge on any atom is 0.271 e. The van der Waals surface area contributed by atoms with E-state index in [1.807, 2.05) is 12.1 Å². The quantitative estimate of drug-likeness (QED) is 0.624. The summed E-state index contributed by atoms with van der Waals surface area (Å²) in [6.07, 6.45) is 1.40. The van der Waals surface area contributed by atoms with Gasteiger partial charge in [0.05, 0.1) is 6.21 Å². The molecule has 4 nitrogen and oxygen atoms in total. The molecule has 0 aliphatic rings.